The Morgan fingerprint density at radius 1 is 0.313 bits per heavy atom. The minimum atomic E-state index is -0.819. The minimum Gasteiger partial charge on any atom is -0.462 e. The van der Waals surface area contributed by atoms with Gasteiger partial charge in [-0.1, -0.05) is 237 Å². The lowest BCUT2D eigenvalue weighted by Crippen LogP contribution is -2.30. The second-order valence-electron chi connectivity index (χ2n) is 16.9. The van der Waals surface area contributed by atoms with Crippen LogP contribution in [0.4, 0.5) is 0 Å². The Morgan fingerprint density at radius 3 is 1.03 bits per heavy atom. The molecule has 1 atom stereocenters. The zero-order valence-corrected chi connectivity index (χ0v) is 42.6. The van der Waals surface area contributed by atoms with Crippen molar-refractivity contribution in [2.24, 2.45) is 0 Å². The van der Waals surface area contributed by atoms with Crippen molar-refractivity contribution in [3.05, 3.63) is 146 Å². The summed E-state index contributed by atoms with van der Waals surface area (Å²) >= 11 is 0. The quantitative estimate of drug-likeness (QED) is 0.0199. The van der Waals surface area contributed by atoms with Crippen molar-refractivity contribution in [3.8, 4) is 0 Å². The molecule has 0 fully saturated rings. The van der Waals surface area contributed by atoms with Crippen LogP contribution < -0.4 is 0 Å². The van der Waals surface area contributed by atoms with Crippen molar-refractivity contribution in [2.45, 2.75) is 207 Å². The third-order valence-electron chi connectivity index (χ3n) is 10.5. The van der Waals surface area contributed by atoms with Crippen LogP contribution in [0.15, 0.2) is 146 Å². The minimum absolute atomic E-state index is 0.113. The van der Waals surface area contributed by atoms with Crippen molar-refractivity contribution >= 4 is 17.9 Å². The molecule has 0 amide bonds. The largest absolute Gasteiger partial charge is 0.462 e. The van der Waals surface area contributed by atoms with E-state index >= 15 is 0 Å². The summed E-state index contributed by atoms with van der Waals surface area (Å²) < 4.78 is 16.8. The molecule has 0 heterocycles. The van der Waals surface area contributed by atoms with Gasteiger partial charge in [-0.3, -0.25) is 14.4 Å². The number of unbranched alkanes of at least 4 members (excludes halogenated alkanes) is 17. The first-order valence-electron chi connectivity index (χ1n) is 26.5. The zero-order valence-electron chi connectivity index (χ0n) is 42.6. The average Bonchev–Trinajstić information content (AvgIpc) is 3.33. The monoisotopic (exact) mass is 923 g/mol. The maximum Gasteiger partial charge on any atom is 0.306 e. The number of carbonyl (C=O) groups is 3. The van der Waals surface area contributed by atoms with E-state index in [1.165, 1.54) is 38.5 Å². The van der Waals surface area contributed by atoms with Crippen LogP contribution in [0.1, 0.15) is 201 Å². The lowest BCUT2D eigenvalue weighted by molar-refractivity contribution is -0.167. The smallest absolute Gasteiger partial charge is 0.306 e. The Kier molecular flexibility index (Phi) is 50.1. The first-order chi connectivity index (χ1) is 33.0. The van der Waals surface area contributed by atoms with Crippen LogP contribution >= 0.6 is 0 Å². The molecule has 67 heavy (non-hydrogen) atoms. The van der Waals surface area contributed by atoms with Gasteiger partial charge in [0.05, 0.1) is 0 Å². The van der Waals surface area contributed by atoms with E-state index in [2.05, 4.69) is 93.7 Å². The molecule has 0 aromatic heterocycles. The van der Waals surface area contributed by atoms with Gasteiger partial charge in [0, 0.05) is 19.3 Å². The lowest BCUT2D eigenvalue weighted by atomic mass is 10.1. The summed E-state index contributed by atoms with van der Waals surface area (Å²) in [7, 11) is 0. The summed E-state index contributed by atoms with van der Waals surface area (Å²) in [6, 6.07) is 0. The van der Waals surface area contributed by atoms with Crippen LogP contribution in [0.5, 0.6) is 0 Å². The lowest BCUT2D eigenvalue weighted by Gasteiger charge is -2.18. The predicted octanol–water partition coefficient (Wildman–Crippen LogP) is 17.6. The Labute approximate surface area is 410 Å². The van der Waals surface area contributed by atoms with Crippen molar-refractivity contribution in [1.82, 2.24) is 0 Å². The predicted molar refractivity (Wildman–Crippen MR) is 288 cm³/mol. The highest BCUT2D eigenvalue weighted by Gasteiger charge is 2.19. The van der Waals surface area contributed by atoms with Gasteiger partial charge in [-0.15, -0.1) is 0 Å². The van der Waals surface area contributed by atoms with E-state index < -0.39 is 6.10 Å². The van der Waals surface area contributed by atoms with Crippen LogP contribution in [-0.4, -0.2) is 37.2 Å². The maximum absolute atomic E-state index is 12.8. The molecule has 0 rings (SSSR count). The molecule has 374 valence electrons. The van der Waals surface area contributed by atoms with Gasteiger partial charge in [0.2, 0.25) is 0 Å². The molecule has 0 bridgehead atoms. The Morgan fingerprint density at radius 2 is 0.612 bits per heavy atom. The van der Waals surface area contributed by atoms with Crippen LogP contribution in [-0.2, 0) is 28.6 Å². The number of esters is 3. The molecule has 0 aromatic rings. The molecule has 0 radical (unpaired) electrons. The number of ether oxygens (including phenoxy) is 3. The van der Waals surface area contributed by atoms with Crippen LogP contribution in [0.3, 0.4) is 0 Å². The molecule has 1 unspecified atom stereocenters. The van der Waals surface area contributed by atoms with E-state index in [1.54, 1.807) is 0 Å². The SMILES string of the molecule is CC\C=C/C=C\C=C/C=C\C=C/CCCCCC(=O)OC(COC(=O)CCCCCCC\C=C/C=C\C=C/C=C\CC)COC(=O)CCCCCCCCCCC/C=C\C/C=C\C/C=C\CC. The fourth-order valence-corrected chi connectivity index (χ4v) is 6.66. The van der Waals surface area contributed by atoms with E-state index in [0.29, 0.717) is 19.3 Å². The zero-order chi connectivity index (χ0) is 48.6. The summed E-state index contributed by atoms with van der Waals surface area (Å²) in [5.41, 5.74) is 0. The molecule has 0 spiro atoms. The fraction of sp³-hybridized carbons (Fsp3) is 0.557. The highest BCUT2D eigenvalue weighted by molar-refractivity contribution is 5.71. The van der Waals surface area contributed by atoms with Crippen molar-refractivity contribution in [2.75, 3.05) is 13.2 Å². The standard InChI is InChI=1S/C61H94O6/c1-4-7-10-13-16-19-22-25-28-29-30-31-34-36-39-42-45-48-51-54-60(63)66-57-58(67-61(64)55-52-49-46-43-40-37-33-27-24-21-18-15-12-9-6-3)56-65-59(62)53-50-47-44-41-38-35-32-26-23-20-17-14-11-8-5-2/h7-12,14-21,23-28,32-33,37,40,58H,4-6,13,22,29-31,34-36,38-39,41-57H2,1-3H3/b10-7-,11-8-,12-9-,17-14-,18-15-,19-16-,23-20-,24-21-,28-25-,32-26-,33-27-,40-37-. The van der Waals surface area contributed by atoms with Crippen LogP contribution in [0.25, 0.3) is 0 Å². The maximum atomic E-state index is 12.8. The summed E-state index contributed by atoms with van der Waals surface area (Å²) in [5, 5.41) is 0. The number of rotatable bonds is 45. The molecule has 0 aliphatic carbocycles. The summed E-state index contributed by atoms with van der Waals surface area (Å²) in [6.07, 6.45) is 76.8. The second kappa shape index (κ2) is 53.9. The molecule has 0 aliphatic heterocycles. The normalized spacial score (nSPS) is 13.3. The molecule has 0 aliphatic rings. The molecule has 0 saturated carbocycles. The van der Waals surface area contributed by atoms with Gasteiger partial charge in [-0.2, -0.15) is 0 Å². The highest BCUT2D eigenvalue weighted by Crippen LogP contribution is 2.14. The third kappa shape index (κ3) is 52.1. The molecule has 0 N–H and O–H groups in total. The second-order valence-corrected chi connectivity index (χ2v) is 16.9. The fourth-order valence-electron chi connectivity index (χ4n) is 6.66. The Balaban J connectivity index is 4.52. The van der Waals surface area contributed by atoms with E-state index in [4.69, 9.17) is 14.2 Å². The van der Waals surface area contributed by atoms with Crippen molar-refractivity contribution in [3.63, 3.8) is 0 Å². The van der Waals surface area contributed by atoms with E-state index in [0.717, 1.165) is 116 Å². The van der Waals surface area contributed by atoms with Gasteiger partial charge >= 0.3 is 17.9 Å². The molecule has 0 saturated heterocycles. The number of hydrogen-bond acceptors (Lipinski definition) is 6. The molecule has 6 heteroatoms. The van der Waals surface area contributed by atoms with Crippen LogP contribution in [0, 0.1) is 0 Å². The molecular formula is C61H94O6. The Bertz CT molecular complexity index is 1530. The van der Waals surface area contributed by atoms with Gasteiger partial charge in [0.25, 0.3) is 0 Å². The van der Waals surface area contributed by atoms with Gasteiger partial charge in [0.1, 0.15) is 13.2 Å². The van der Waals surface area contributed by atoms with Crippen LogP contribution in [0.2, 0.25) is 0 Å². The number of allylic oxidation sites excluding steroid dienone is 24. The molecule has 6 nitrogen and oxygen atoms in total. The summed E-state index contributed by atoms with van der Waals surface area (Å²) in [5.74, 6) is -0.994. The van der Waals surface area contributed by atoms with E-state index in [9.17, 15) is 14.4 Å². The van der Waals surface area contributed by atoms with Gasteiger partial charge in [0.15, 0.2) is 6.10 Å². The topological polar surface area (TPSA) is 78.9 Å². The first kappa shape index (κ1) is 62.3. The van der Waals surface area contributed by atoms with E-state index in [1.807, 2.05) is 72.9 Å². The van der Waals surface area contributed by atoms with Gasteiger partial charge in [-0.25, -0.2) is 0 Å². The molecule has 0 aromatic carbocycles. The van der Waals surface area contributed by atoms with Crippen molar-refractivity contribution < 1.29 is 28.6 Å². The Hall–Kier alpha value is -4.71. The third-order valence-corrected chi connectivity index (χ3v) is 10.5. The number of carbonyl (C=O) groups excluding carboxylic acids is 3. The highest BCUT2D eigenvalue weighted by atomic mass is 16.6. The van der Waals surface area contributed by atoms with E-state index in [-0.39, 0.29) is 37.5 Å². The molecular weight excluding hydrogens is 829 g/mol. The van der Waals surface area contributed by atoms with Crippen molar-refractivity contribution in [1.29, 1.82) is 0 Å². The first-order valence-corrected chi connectivity index (χ1v) is 26.5. The van der Waals surface area contributed by atoms with Gasteiger partial charge in [-0.05, 0) is 89.9 Å². The summed E-state index contributed by atoms with van der Waals surface area (Å²) in [4.78, 5) is 38.1. The average molecular weight is 923 g/mol. The summed E-state index contributed by atoms with van der Waals surface area (Å²) in [6.45, 7) is 6.17. The number of hydrogen-bond donors (Lipinski definition) is 0. The van der Waals surface area contributed by atoms with Gasteiger partial charge < -0.3 is 14.2 Å².